The van der Waals surface area contributed by atoms with Gasteiger partial charge in [0.05, 0.1) is 29.6 Å². The topological polar surface area (TPSA) is 428 Å². The van der Waals surface area contributed by atoms with Crippen molar-refractivity contribution in [1.29, 1.82) is 0 Å². The number of urea groups is 8. The number of benzene rings is 4. The minimum Gasteiger partial charge on any atom is -0.312 e. The van der Waals surface area contributed by atoms with Crippen molar-refractivity contribution in [3.8, 4) is 0 Å². The van der Waals surface area contributed by atoms with Crippen LogP contribution in [-0.2, 0) is 67.7 Å². The molecule has 2 N–H and O–H groups in total. The first-order chi connectivity index (χ1) is 58.3. The Bertz CT molecular complexity index is 4520. The van der Waals surface area contributed by atoms with E-state index < -0.39 is 87.9 Å². The van der Waals surface area contributed by atoms with Crippen LogP contribution in [0.4, 0.5) is 49.7 Å². The zero-order valence-electron chi connectivity index (χ0n) is 73.0. The maximum atomic E-state index is 13.1. The molecule has 0 radical (unpaired) electrons. The van der Waals surface area contributed by atoms with E-state index in [2.05, 4.69) is 30.4 Å². The fourth-order valence-electron chi connectivity index (χ4n) is 13.8. The number of hydrogen-bond acceptors (Lipinski definition) is 21. The van der Waals surface area contributed by atoms with E-state index in [1.165, 1.54) is 61.9 Å². The fraction of sp³-hybridized carbons (Fsp3) is 0.414. The van der Waals surface area contributed by atoms with Crippen molar-refractivity contribution >= 4 is 136 Å². The van der Waals surface area contributed by atoms with Gasteiger partial charge < -0.3 is 15.1 Å². The molecule has 0 bridgehead atoms. The molecule has 8 aliphatic heterocycles. The summed E-state index contributed by atoms with van der Waals surface area (Å²) in [5.41, 5.74) is 0.308. The number of likely N-dealkylation sites (N-methyl/N-ethyl adjacent to an activating group) is 2. The van der Waals surface area contributed by atoms with Gasteiger partial charge in [-0.1, -0.05) is 170 Å². The zero-order chi connectivity index (χ0) is 93.3. The van der Waals surface area contributed by atoms with Crippen molar-refractivity contribution in [3.05, 3.63) is 169 Å². The highest BCUT2D eigenvalue weighted by Crippen LogP contribution is 2.41. The van der Waals surface area contributed by atoms with E-state index in [-0.39, 0.29) is 85.5 Å². The number of carbonyl (C=O) groups is 21. The lowest BCUT2D eigenvalue weighted by molar-refractivity contribution is -0.159. The molecule has 124 heavy (non-hydrogen) atoms. The molecule has 29 amide bonds. The molecule has 4 aromatic rings. The fourth-order valence-corrected chi connectivity index (χ4v) is 13.8. The number of unbranched alkanes of at least 4 members (excludes halogenated alkanes) is 2. The van der Waals surface area contributed by atoms with Gasteiger partial charge in [0.15, 0.2) is 5.41 Å². The van der Waals surface area contributed by atoms with E-state index in [0.717, 1.165) is 87.5 Å². The smallest absolute Gasteiger partial charge is 0.312 e. The van der Waals surface area contributed by atoms with E-state index in [1.807, 2.05) is 39.8 Å². The van der Waals surface area contributed by atoms with Crippen LogP contribution < -0.4 is 20.4 Å². The summed E-state index contributed by atoms with van der Waals surface area (Å²) >= 11 is 0. The number of barbiturate groups is 5. The largest absolute Gasteiger partial charge is 0.342 e. The SMILES string of the molecule is C=C1CC(=O)N(C)C(=O)N1C.C=C1CC(=O)NC(=O)N1.C=C1N(C)C(=O)N(C)C(=O)C1(C)C.CCCC1(CCC)C(=O)N(C)C(=O)N(C)C1=O.CCCCN1C(=O)CC(=O)N(CCCC)C1=O.CCN1C(=O)CC(=O)N(CC)C1=O.CN1C(=O)N(C)C(=O)C(c2ccccc2)(c2ccccc2)C1=O.O=C1CC(=O)N(c2ccccc2)C(=O)N1c1ccccc1. The number of hydrogen-bond donors (Lipinski definition) is 2. The molecule has 37 nitrogen and oxygen atoms in total. The summed E-state index contributed by atoms with van der Waals surface area (Å²) < 4.78 is 0. The normalized spacial score (nSPS) is 18.4. The van der Waals surface area contributed by atoms with Crippen molar-refractivity contribution in [3.63, 3.8) is 0 Å². The Hall–Kier alpha value is -14.0. The van der Waals surface area contributed by atoms with E-state index in [0.29, 0.717) is 78.6 Å². The number of carbonyl (C=O) groups excluding carboxylic acids is 21. The highest BCUT2D eigenvalue weighted by atomic mass is 16.2. The Morgan fingerprint density at radius 1 is 0.323 bits per heavy atom. The molecule has 12 rings (SSSR count). The molecule has 8 saturated heterocycles. The third-order valence-corrected chi connectivity index (χ3v) is 20.9. The summed E-state index contributed by atoms with van der Waals surface area (Å²) in [6, 6.07) is 31.0. The predicted octanol–water partition coefficient (Wildman–Crippen LogP) is 9.39. The number of amides is 29. The lowest BCUT2D eigenvalue weighted by atomic mass is 9.71. The standard InChI is InChI=1S/C18H16N2O3.C16H12N2O3.2C12H20N2O3.C9H14N2O2.C8H12N2O3.C7H10N2O2.C5H6N2O2/c1-19-15(21)18(13-9-5-3-6-10-13,14-11-7-4-8-12-14)16(22)20(2)17(19)23;19-14-11-15(20)18(13-9-5-2-6-10-13)16(21)17(14)12-7-3-1-4-8-12;1-5-7-12(8-6-2)9(15)13(3)11(17)14(4)10(12)16;1-3-5-7-13-10(15)9-11(16)14(12(13)17)8-6-4-2;1-6-9(2,3)7(12)11(5)8(13)10(6)4;1-3-9-6(11)5-7(12)10(4-2)8(9)13;1-5-4-6(10)9(3)7(11)8(5)2;1-3-2-4(8)7-5(9)6-3/h3-12H,1-2H3;1-10H,11H2;5-8H2,1-4H3;3-9H2,1-2H3;1H2,2-5H3;3-5H2,1-2H3;1,4H2,2-3H3;1-2H2,(H2,6,7,8,9). The Balaban J connectivity index is 0.000000256. The molecule has 8 aliphatic rings. The third kappa shape index (κ3) is 22.6. The zero-order valence-corrected chi connectivity index (χ0v) is 73.0. The van der Waals surface area contributed by atoms with Crippen molar-refractivity contribution in [2.24, 2.45) is 10.8 Å². The minimum absolute atomic E-state index is 0.167. The first kappa shape index (κ1) is 101. The van der Waals surface area contributed by atoms with Crippen LogP contribution in [0.15, 0.2) is 158 Å². The first-order valence-electron chi connectivity index (χ1n) is 40.0. The Kier molecular flexibility index (Phi) is 36.1. The number of rotatable bonds is 16. The average Bonchev–Trinajstić information content (AvgIpc) is 0.719. The second-order valence-corrected chi connectivity index (χ2v) is 29.8. The Labute approximate surface area is 720 Å². The summed E-state index contributed by atoms with van der Waals surface area (Å²) in [5, 5.41) is 4.40. The van der Waals surface area contributed by atoms with Crippen molar-refractivity contribution in [2.45, 2.75) is 144 Å². The number of nitrogens with one attached hydrogen (secondary N) is 2. The summed E-state index contributed by atoms with van der Waals surface area (Å²) in [6.45, 7) is 27.0. The Morgan fingerprint density at radius 2 is 0.653 bits per heavy atom. The Morgan fingerprint density at radius 3 is 1.01 bits per heavy atom. The molecule has 0 unspecified atom stereocenters. The van der Waals surface area contributed by atoms with Gasteiger partial charge in [-0.25, -0.2) is 48.2 Å². The quantitative estimate of drug-likeness (QED) is 0.0986. The van der Waals surface area contributed by atoms with Gasteiger partial charge in [-0.3, -0.25) is 117 Å². The van der Waals surface area contributed by atoms with Crippen LogP contribution in [-0.4, -0.2) is 266 Å². The van der Waals surface area contributed by atoms with Gasteiger partial charge in [-0.05, 0) is 88.8 Å². The van der Waals surface area contributed by atoms with Crippen LogP contribution in [0.2, 0.25) is 0 Å². The van der Waals surface area contributed by atoms with E-state index >= 15 is 0 Å². The molecule has 8 fully saturated rings. The summed E-state index contributed by atoms with van der Waals surface area (Å²) in [5.74, 6) is -5.03. The maximum Gasteiger partial charge on any atom is 0.342 e. The predicted molar refractivity (Wildman–Crippen MR) is 453 cm³/mol. The number of para-hydroxylation sites is 2. The van der Waals surface area contributed by atoms with E-state index in [1.54, 1.807) is 151 Å². The first-order valence-corrected chi connectivity index (χ1v) is 40.0. The highest BCUT2D eigenvalue weighted by molar-refractivity contribution is 6.35. The molecule has 0 saturated carbocycles. The van der Waals surface area contributed by atoms with Crippen LogP contribution >= 0.6 is 0 Å². The number of imide groups is 13. The van der Waals surface area contributed by atoms with Crippen LogP contribution in [0.25, 0.3) is 0 Å². The highest BCUT2D eigenvalue weighted by Gasteiger charge is 2.58. The van der Waals surface area contributed by atoms with Crippen LogP contribution in [0, 0.1) is 10.8 Å². The molecule has 0 aromatic heterocycles. The van der Waals surface area contributed by atoms with Crippen LogP contribution in [0.1, 0.15) is 150 Å². The molecule has 0 aliphatic carbocycles. The van der Waals surface area contributed by atoms with Crippen LogP contribution in [0.5, 0.6) is 0 Å². The van der Waals surface area contributed by atoms with Crippen molar-refractivity contribution in [1.82, 2.24) is 69.4 Å². The van der Waals surface area contributed by atoms with E-state index in [9.17, 15) is 101 Å². The van der Waals surface area contributed by atoms with Gasteiger partial charge in [0.2, 0.25) is 65.0 Å². The number of anilines is 2. The summed E-state index contributed by atoms with van der Waals surface area (Å²) in [6.07, 6.45) is 5.63. The lowest BCUT2D eigenvalue weighted by Crippen LogP contribution is -2.65. The van der Waals surface area contributed by atoms with Crippen LogP contribution in [0.3, 0.4) is 0 Å². The van der Waals surface area contributed by atoms with Gasteiger partial charge in [-0.2, -0.15) is 0 Å². The molecule has 4 aromatic carbocycles. The van der Waals surface area contributed by atoms with Gasteiger partial charge in [-0.15, -0.1) is 0 Å². The van der Waals surface area contributed by atoms with Gasteiger partial charge in [0.25, 0.3) is 11.8 Å². The molecular weight excluding hydrogens is 1610 g/mol. The average molecular weight is 1720 g/mol. The molecule has 37 heteroatoms. The second kappa shape index (κ2) is 44.5. The maximum absolute atomic E-state index is 13.1. The third-order valence-electron chi connectivity index (χ3n) is 20.9. The molecule has 664 valence electrons. The minimum atomic E-state index is -1.54. The van der Waals surface area contributed by atoms with Crippen molar-refractivity contribution in [2.75, 3.05) is 92.4 Å². The van der Waals surface area contributed by atoms with Gasteiger partial charge in [0.1, 0.15) is 24.7 Å². The molecule has 8 heterocycles. The number of nitrogens with zero attached hydrogens (tertiary/aromatic N) is 14. The summed E-state index contributed by atoms with van der Waals surface area (Å²) in [4.78, 5) is 262. The van der Waals surface area contributed by atoms with Gasteiger partial charge >= 0.3 is 48.2 Å². The monoisotopic (exact) mass is 1710 g/mol. The molecular formula is C87H110N16O21. The summed E-state index contributed by atoms with van der Waals surface area (Å²) in [7, 11) is 11.8. The second-order valence-electron chi connectivity index (χ2n) is 29.8. The molecule has 0 atom stereocenters. The van der Waals surface area contributed by atoms with E-state index in [4.69, 9.17) is 0 Å². The molecule has 0 spiro atoms. The lowest BCUT2D eigenvalue weighted by Gasteiger charge is -2.42. The van der Waals surface area contributed by atoms with Gasteiger partial charge in [0, 0.05) is 99.7 Å². The van der Waals surface area contributed by atoms with Crippen molar-refractivity contribution < 1.29 is 101 Å².